The van der Waals surface area contributed by atoms with Crippen molar-refractivity contribution in [1.82, 2.24) is 5.23 Å². The van der Waals surface area contributed by atoms with Gasteiger partial charge in [0.25, 0.3) is 0 Å². The second-order valence-electron chi connectivity index (χ2n) is 2.92. The van der Waals surface area contributed by atoms with Crippen molar-refractivity contribution in [1.29, 1.82) is 5.26 Å². The van der Waals surface area contributed by atoms with Gasteiger partial charge >= 0.3 is 0 Å². The Morgan fingerprint density at radius 2 is 2.50 bits per heavy atom. The molecule has 0 fully saturated rings. The molecule has 1 aliphatic carbocycles. The molecule has 0 spiro atoms. The maximum absolute atomic E-state index is 10.5. The Labute approximate surface area is 71.2 Å². The minimum absolute atomic E-state index is 0.266. The van der Waals surface area contributed by atoms with E-state index in [0.29, 0.717) is 0 Å². The maximum atomic E-state index is 10.5. The van der Waals surface area contributed by atoms with E-state index in [1.165, 1.54) is 6.08 Å². The minimum atomic E-state index is -1.31. The first-order valence-electron chi connectivity index (χ1n) is 3.97. The van der Waals surface area contributed by atoms with Crippen LogP contribution in [0.25, 0.3) is 0 Å². The number of hydrogen-bond donors (Lipinski definition) is 1. The Morgan fingerprint density at radius 3 is 2.83 bits per heavy atom. The molecule has 1 unspecified atom stereocenters. The van der Waals surface area contributed by atoms with Crippen LogP contribution in [0.1, 0.15) is 26.2 Å². The Hall–Kier alpha value is -0.890. The van der Waals surface area contributed by atoms with Crippen molar-refractivity contribution >= 4 is 0 Å². The zero-order chi connectivity index (χ0) is 9.19. The van der Waals surface area contributed by atoms with Crippen LogP contribution in [-0.2, 0) is 0 Å². The molecule has 0 saturated heterocycles. The van der Waals surface area contributed by atoms with Crippen LogP contribution in [0.4, 0.5) is 0 Å². The summed E-state index contributed by atoms with van der Waals surface area (Å²) in [5, 5.41) is 27.5. The molecule has 1 N–H and O–H groups in total. The van der Waals surface area contributed by atoms with E-state index in [1.54, 1.807) is 6.07 Å². The topological polar surface area (TPSA) is 70.3 Å². The molecule has 0 aromatic carbocycles. The van der Waals surface area contributed by atoms with Crippen molar-refractivity contribution in [3.05, 3.63) is 16.9 Å². The fourth-order valence-corrected chi connectivity index (χ4v) is 1.17. The predicted molar refractivity (Wildman–Crippen MR) is 42.9 cm³/mol. The molecular weight excluding hydrogens is 156 g/mol. The van der Waals surface area contributed by atoms with Crippen molar-refractivity contribution in [2.24, 2.45) is 0 Å². The van der Waals surface area contributed by atoms with E-state index >= 15 is 0 Å². The SMILES string of the molecule is CCCCC1=CC1(C#N)N([O-])O. The number of nitriles is 1. The highest BCUT2D eigenvalue weighted by Crippen LogP contribution is 2.41. The summed E-state index contributed by atoms with van der Waals surface area (Å²) >= 11 is 0. The van der Waals surface area contributed by atoms with Crippen LogP contribution in [-0.4, -0.2) is 16.0 Å². The summed E-state index contributed by atoms with van der Waals surface area (Å²) in [7, 11) is 0. The number of nitrogens with zero attached hydrogens (tertiary/aromatic N) is 2. The summed E-state index contributed by atoms with van der Waals surface area (Å²) < 4.78 is 0. The van der Waals surface area contributed by atoms with Crippen LogP contribution >= 0.6 is 0 Å². The molecule has 66 valence electrons. The lowest BCUT2D eigenvalue weighted by Gasteiger charge is -2.26. The van der Waals surface area contributed by atoms with Crippen LogP contribution in [0, 0.1) is 16.5 Å². The summed E-state index contributed by atoms with van der Waals surface area (Å²) in [5.41, 5.74) is -0.570. The van der Waals surface area contributed by atoms with Crippen molar-refractivity contribution in [3.63, 3.8) is 0 Å². The Morgan fingerprint density at radius 1 is 1.83 bits per heavy atom. The van der Waals surface area contributed by atoms with Crippen LogP contribution in [0.5, 0.6) is 0 Å². The first-order chi connectivity index (χ1) is 5.67. The summed E-state index contributed by atoms with van der Waals surface area (Å²) in [4.78, 5) is 0. The molecule has 0 saturated carbocycles. The van der Waals surface area contributed by atoms with Gasteiger partial charge in [0.15, 0.2) is 5.54 Å². The molecule has 1 aliphatic rings. The quantitative estimate of drug-likeness (QED) is 0.509. The van der Waals surface area contributed by atoms with Gasteiger partial charge in [0.2, 0.25) is 0 Å². The lowest BCUT2D eigenvalue weighted by Crippen LogP contribution is -2.30. The van der Waals surface area contributed by atoms with Gasteiger partial charge in [0, 0.05) is 0 Å². The monoisotopic (exact) mass is 167 g/mol. The van der Waals surface area contributed by atoms with Gasteiger partial charge in [-0.1, -0.05) is 13.3 Å². The van der Waals surface area contributed by atoms with E-state index < -0.39 is 5.54 Å². The van der Waals surface area contributed by atoms with Crippen LogP contribution in [0.2, 0.25) is 0 Å². The average molecular weight is 167 g/mol. The first kappa shape index (κ1) is 9.20. The third-order valence-electron chi connectivity index (χ3n) is 2.06. The van der Waals surface area contributed by atoms with E-state index in [-0.39, 0.29) is 5.23 Å². The first-order valence-corrected chi connectivity index (χ1v) is 3.97. The van der Waals surface area contributed by atoms with Crippen LogP contribution in [0.15, 0.2) is 11.6 Å². The summed E-state index contributed by atoms with van der Waals surface area (Å²) in [6.45, 7) is 2.03. The molecule has 0 amide bonds. The van der Waals surface area contributed by atoms with E-state index in [0.717, 1.165) is 24.8 Å². The summed E-state index contributed by atoms with van der Waals surface area (Å²) in [6, 6.07) is 1.78. The fourth-order valence-electron chi connectivity index (χ4n) is 1.17. The van der Waals surface area contributed by atoms with Crippen molar-refractivity contribution in [2.45, 2.75) is 31.7 Å². The Balaban J connectivity index is 2.44. The second kappa shape index (κ2) is 3.23. The van der Waals surface area contributed by atoms with E-state index in [1.807, 2.05) is 6.92 Å². The van der Waals surface area contributed by atoms with Crippen molar-refractivity contribution < 1.29 is 5.21 Å². The minimum Gasteiger partial charge on any atom is -0.760 e. The molecule has 0 aliphatic heterocycles. The number of rotatable bonds is 4. The van der Waals surface area contributed by atoms with Gasteiger partial charge in [-0.25, -0.2) is 5.23 Å². The molecule has 12 heavy (non-hydrogen) atoms. The predicted octanol–water partition coefficient (Wildman–Crippen LogP) is 1.57. The Kier molecular flexibility index (Phi) is 2.48. The van der Waals surface area contributed by atoms with Crippen LogP contribution in [0.3, 0.4) is 0 Å². The van der Waals surface area contributed by atoms with E-state index in [2.05, 4.69) is 0 Å². The average Bonchev–Trinajstić information content (AvgIpc) is 2.76. The molecule has 0 aromatic heterocycles. The zero-order valence-corrected chi connectivity index (χ0v) is 6.95. The maximum Gasteiger partial charge on any atom is 0.159 e. The number of hydrogen-bond acceptors (Lipinski definition) is 4. The van der Waals surface area contributed by atoms with Crippen molar-refractivity contribution in [3.8, 4) is 6.07 Å². The van der Waals surface area contributed by atoms with E-state index in [9.17, 15) is 5.21 Å². The van der Waals surface area contributed by atoms with Gasteiger partial charge < -0.3 is 10.4 Å². The van der Waals surface area contributed by atoms with Gasteiger partial charge in [0.05, 0.1) is 6.07 Å². The molecular formula is C8H11N2O2-. The van der Waals surface area contributed by atoms with Gasteiger partial charge in [-0.05, 0) is 24.5 Å². The van der Waals surface area contributed by atoms with Gasteiger partial charge in [-0.3, -0.25) is 0 Å². The van der Waals surface area contributed by atoms with Gasteiger partial charge in [-0.2, -0.15) is 5.26 Å². The smallest absolute Gasteiger partial charge is 0.159 e. The third kappa shape index (κ3) is 1.34. The fraction of sp³-hybridized carbons (Fsp3) is 0.625. The molecule has 4 heteroatoms. The highest BCUT2D eigenvalue weighted by Gasteiger charge is 2.45. The summed E-state index contributed by atoms with van der Waals surface area (Å²) in [5.74, 6) is 0. The Bertz CT molecular complexity index is 242. The molecule has 0 heterocycles. The highest BCUT2D eigenvalue weighted by atomic mass is 16.8. The highest BCUT2D eigenvalue weighted by molar-refractivity contribution is 5.53. The second-order valence-corrected chi connectivity index (χ2v) is 2.92. The van der Waals surface area contributed by atoms with Crippen molar-refractivity contribution in [2.75, 3.05) is 0 Å². The normalized spacial score (nSPS) is 26.8. The lowest BCUT2D eigenvalue weighted by atomic mass is 10.1. The van der Waals surface area contributed by atoms with Crippen LogP contribution < -0.4 is 0 Å². The molecule has 0 bridgehead atoms. The lowest BCUT2D eigenvalue weighted by molar-refractivity contribution is -0.0659. The molecule has 0 aromatic rings. The van der Waals surface area contributed by atoms with Gasteiger partial charge in [0.1, 0.15) is 0 Å². The molecule has 1 atom stereocenters. The van der Waals surface area contributed by atoms with Gasteiger partial charge in [-0.15, -0.1) is 0 Å². The molecule has 0 radical (unpaired) electrons. The number of hydroxylamine groups is 2. The molecule has 4 nitrogen and oxygen atoms in total. The third-order valence-corrected chi connectivity index (χ3v) is 2.06. The largest absolute Gasteiger partial charge is 0.760 e. The zero-order valence-electron chi connectivity index (χ0n) is 6.95. The molecule has 1 rings (SSSR count). The van der Waals surface area contributed by atoms with E-state index in [4.69, 9.17) is 10.5 Å². The standard InChI is InChI=1S/C8H11N2O2/c1-2-3-4-7-5-8(7,6-9)10(11)12/h5,11H,2-4H2,1H3/q-1. The summed E-state index contributed by atoms with van der Waals surface area (Å²) in [6.07, 6.45) is 4.20. The number of unbranched alkanes of at least 4 members (excludes halogenated alkanes) is 1.